The van der Waals surface area contributed by atoms with Gasteiger partial charge in [-0.2, -0.15) is 0 Å². The maximum absolute atomic E-state index is 11.8. The number of nitrogens with two attached hydrogens (primary N) is 1. The molecule has 1 aliphatic rings. The quantitative estimate of drug-likeness (QED) is 0.776. The SMILES string of the molecule is COCC1CCN(C(=O)C(N)COC)CC1.Cl. The van der Waals surface area contributed by atoms with Crippen LogP contribution in [0.25, 0.3) is 0 Å². The summed E-state index contributed by atoms with van der Waals surface area (Å²) < 4.78 is 10.00. The largest absolute Gasteiger partial charge is 0.384 e. The van der Waals surface area contributed by atoms with Crippen molar-refractivity contribution in [2.24, 2.45) is 11.7 Å². The van der Waals surface area contributed by atoms with Crippen molar-refractivity contribution in [3.05, 3.63) is 0 Å². The summed E-state index contributed by atoms with van der Waals surface area (Å²) in [5.74, 6) is 0.574. The summed E-state index contributed by atoms with van der Waals surface area (Å²) >= 11 is 0. The van der Waals surface area contributed by atoms with Crippen LogP contribution >= 0.6 is 12.4 Å². The van der Waals surface area contributed by atoms with Crippen molar-refractivity contribution in [3.63, 3.8) is 0 Å². The molecule has 0 spiro atoms. The van der Waals surface area contributed by atoms with Gasteiger partial charge in [0, 0.05) is 33.9 Å². The molecule has 0 aromatic rings. The summed E-state index contributed by atoms with van der Waals surface area (Å²) in [7, 11) is 3.27. The van der Waals surface area contributed by atoms with E-state index in [4.69, 9.17) is 15.2 Å². The summed E-state index contributed by atoms with van der Waals surface area (Å²) in [5, 5.41) is 0. The summed E-state index contributed by atoms with van der Waals surface area (Å²) in [6.45, 7) is 2.64. The molecule has 102 valence electrons. The van der Waals surface area contributed by atoms with Crippen LogP contribution in [-0.4, -0.2) is 57.4 Å². The average Bonchev–Trinajstić information content (AvgIpc) is 2.30. The van der Waals surface area contributed by atoms with E-state index in [1.165, 1.54) is 0 Å². The van der Waals surface area contributed by atoms with Gasteiger partial charge in [0.25, 0.3) is 0 Å². The van der Waals surface area contributed by atoms with Crippen molar-refractivity contribution in [1.82, 2.24) is 4.90 Å². The van der Waals surface area contributed by atoms with Gasteiger partial charge >= 0.3 is 0 Å². The summed E-state index contributed by atoms with van der Waals surface area (Å²) in [4.78, 5) is 13.7. The Morgan fingerprint density at radius 1 is 1.35 bits per heavy atom. The van der Waals surface area contributed by atoms with Crippen molar-refractivity contribution < 1.29 is 14.3 Å². The van der Waals surface area contributed by atoms with Crippen molar-refractivity contribution >= 4 is 18.3 Å². The van der Waals surface area contributed by atoms with Crippen LogP contribution in [0.3, 0.4) is 0 Å². The first-order valence-corrected chi connectivity index (χ1v) is 5.71. The molecule has 1 fully saturated rings. The van der Waals surface area contributed by atoms with Crippen molar-refractivity contribution in [2.75, 3.05) is 40.5 Å². The Labute approximate surface area is 109 Å². The molecule has 2 N–H and O–H groups in total. The molecule has 1 heterocycles. The smallest absolute Gasteiger partial charge is 0.241 e. The average molecular weight is 267 g/mol. The van der Waals surface area contributed by atoms with Crippen LogP contribution in [0.4, 0.5) is 0 Å². The Balaban J connectivity index is 0.00000256. The van der Waals surface area contributed by atoms with E-state index in [0.29, 0.717) is 5.92 Å². The van der Waals surface area contributed by atoms with Gasteiger partial charge in [-0.05, 0) is 18.8 Å². The number of methoxy groups -OCH3 is 2. The van der Waals surface area contributed by atoms with E-state index < -0.39 is 6.04 Å². The first kappa shape index (κ1) is 16.6. The number of carbonyl (C=O) groups is 1. The van der Waals surface area contributed by atoms with E-state index in [1.807, 2.05) is 4.90 Å². The van der Waals surface area contributed by atoms with Gasteiger partial charge in [0.05, 0.1) is 6.61 Å². The number of piperidine rings is 1. The Morgan fingerprint density at radius 3 is 2.41 bits per heavy atom. The molecule has 1 unspecified atom stereocenters. The Hall–Kier alpha value is -0.360. The van der Waals surface area contributed by atoms with Crippen LogP contribution in [0.2, 0.25) is 0 Å². The molecule has 1 saturated heterocycles. The molecule has 1 rings (SSSR count). The van der Waals surface area contributed by atoms with E-state index in [0.717, 1.165) is 32.5 Å². The number of rotatable bonds is 5. The zero-order chi connectivity index (χ0) is 12.0. The predicted octanol–water partition coefficient (Wildman–Crippen LogP) is 0.267. The minimum Gasteiger partial charge on any atom is -0.384 e. The molecule has 17 heavy (non-hydrogen) atoms. The minimum atomic E-state index is -0.524. The highest BCUT2D eigenvalue weighted by Gasteiger charge is 2.25. The summed E-state index contributed by atoms with van der Waals surface area (Å²) in [6, 6.07) is -0.524. The molecular formula is C11H23ClN2O3. The molecule has 1 amide bonds. The monoisotopic (exact) mass is 266 g/mol. The molecule has 0 radical (unpaired) electrons. The zero-order valence-electron chi connectivity index (χ0n) is 10.6. The summed E-state index contributed by atoms with van der Waals surface area (Å²) in [6.07, 6.45) is 2.00. The Kier molecular flexibility index (Phi) is 8.51. The maximum atomic E-state index is 11.8. The van der Waals surface area contributed by atoms with Gasteiger partial charge in [-0.15, -0.1) is 12.4 Å². The fourth-order valence-corrected chi connectivity index (χ4v) is 2.04. The normalized spacial score (nSPS) is 18.6. The van der Waals surface area contributed by atoms with Gasteiger partial charge < -0.3 is 20.1 Å². The molecular weight excluding hydrogens is 244 g/mol. The third-order valence-corrected chi connectivity index (χ3v) is 2.99. The van der Waals surface area contributed by atoms with Gasteiger partial charge in [-0.3, -0.25) is 4.79 Å². The highest BCUT2D eigenvalue weighted by Crippen LogP contribution is 2.17. The van der Waals surface area contributed by atoms with Gasteiger partial charge in [-0.1, -0.05) is 0 Å². The van der Waals surface area contributed by atoms with Crippen molar-refractivity contribution in [1.29, 1.82) is 0 Å². The lowest BCUT2D eigenvalue weighted by molar-refractivity contribution is -0.135. The van der Waals surface area contributed by atoms with Crippen molar-refractivity contribution in [2.45, 2.75) is 18.9 Å². The highest BCUT2D eigenvalue weighted by molar-refractivity contribution is 5.85. The lowest BCUT2D eigenvalue weighted by Gasteiger charge is -2.33. The molecule has 0 aromatic heterocycles. The topological polar surface area (TPSA) is 64.8 Å². The van der Waals surface area contributed by atoms with E-state index in [9.17, 15) is 4.79 Å². The molecule has 0 aromatic carbocycles. The number of ether oxygens (including phenoxy) is 2. The van der Waals surface area contributed by atoms with Gasteiger partial charge in [0.15, 0.2) is 0 Å². The number of hydrogen-bond acceptors (Lipinski definition) is 4. The van der Waals surface area contributed by atoms with Crippen LogP contribution in [0.15, 0.2) is 0 Å². The van der Waals surface area contributed by atoms with Crippen LogP contribution in [0, 0.1) is 5.92 Å². The number of amides is 1. The zero-order valence-corrected chi connectivity index (χ0v) is 11.4. The molecule has 0 aliphatic carbocycles. The Bertz CT molecular complexity index is 221. The second-order valence-electron chi connectivity index (χ2n) is 4.29. The first-order valence-electron chi connectivity index (χ1n) is 5.71. The van der Waals surface area contributed by atoms with E-state index in [-0.39, 0.29) is 24.9 Å². The van der Waals surface area contributed by atoms with E-state index in [2.05, 4.69) is 0 Å². The number of nitrogens with zero attached hydrogens (tertiary/aromatic N) is 1. The first-order chi connectivity index (χ1) is 7.69. The van der Waals surface area contributed by atoms with Crippen LogP contribution in [0.5, 0.6) is 0 Å². The fourth-order valence-electron chi connectivity index (χ4n) is 2.04. The third kappa shape index (κ3) is 5.21. The highest BCUT2D eigenvalue weighted by atomic mass is 35.5. The van der Waals surface area contributed by atoms with Crippen LogP contribution in [-0.2, 0) is 14.3 Å². The molecule has 1 atom stereocenters. The molecule has 0 bridgehead atoms. The predicted molar refractivity (Wildman–Crippen MR) is 68.3 cm³/mol. The second kappa shape index (κ2) is 8.69. The molecule has 0 saturated carbocycles. The second-order valence-corrected chi connectivity index (χ2v) is 4.29. The number of hydrogen-bond donors (Lipinski definition) is 1. The lowest BCUT2D eigenvalue weighted by Crippen LogP contribution is -2.49. The van der Waals surface area contributed by atoms with Crippen LogP contribution < -0.4 is 5.73 Å². The van der Waals surface area contributed by atoms with Crippen LogP contribution in [0.1, 0.15) is 12.8 Å². The van der Waals surface area contributed by atoms with E-state index >= 15 is 0 Å². The molecule has 5 nitrogen and oxygen atoms in total. The number of likely N-dealkylation sites (tertiary alicyclic amines) is 1. The minimum absolute atomic E-state index is 0. The Morgan fingerprint density at radius 2 is 1.94 bits per heavy atom. The maximum Gasteiger partial charge on any atom is 0.241 e. The lowest BCUT2D eigenvalue weighted by atomic mass is 9.97. The standard InChI is InChI=1S/C11H22N2O3.ClH/c1-15-7-9-3-5-13(6-4-9)11(14)10(12)8-16-2;/h9-10H,3-8,12H2,1-2H3;1H. The van der Waals surface area contributed by atoms with Gasteiger partial charge in [0.2, 0.25) is 5.91 Å². The van der Waals surface area contributed by atoms with Gasteiger partial charge in [0.1, 0.15) is 6.04 Å². The molecule has 1 aliphatic heterocycles. The molecule has 6 heteroatoms. The fraction of sp³-hybridized carbons (Fsp3) is 0.909. The number of carbonyl (C=O) groups excluding carboxylic acids is 1. The van der Waals surface area contributed by atoms with Crippen molar-refractivity contribution in [3.8, 4) is 0 Å². The van der Waals surface area contributed by atoms with Gasteiger partial charge in [-0.25, -0.2) is 0 Å². The third-order valence-electron chi connectivity index (χ3n) is 2.99. The van der Waals surface area contributed by atoms with E-state index in [1.54, 1.807) is 14.2 Å². The summed E-state index contributed by atoms with van der Waals surface area (Å²) in [5.41, 5.74) is 5.71. The number of halogens is 1.